The molecule has 0 unspecified atom stereocenters. The first kappa shape index (κ1) is 16.8. The van der Waals surface area contributed by atoms with Crippen molar-refractivity contribution in [3.63, 3.8) is 0 Å². The molecule has 0 bridgehead atoms. The van der Waals surface area contributed by atoms with Crippen LogP contribution in [0.15, 0.2) is 18.2 Å². The largest absolute Gasteiger partial charge is 0.493 e. The summed E-state index contributed by atoms with van der Waals surface area (Å²) in [4.78, 5) is 23.3. The quantitative estimate of drug-likeness (QED) is 0.786. The van der Waals surface area contributed by atoms with Gasteiger partial charge in [-0.2, -0.15) is 0 Å². The van der Waals surface area contributed by atoms with Gasteiger partial charge in [0.05, 0.1) is 13.7 Å². The van der Waals surface area contributed by atoms with Crippen molar-refractivity contribution in [1.29, 1.82) is 0 Å². The van der Waals surface area contributed by atoms with Crippen molar-refractivity contribution in [2.24, 2.45) is 5.92 Å². The van der Waals surface area contributed by atoms with E-state index < -0.39 is 5.91 Å². The number of hydrazine groups is 1. The molecule has 0 fully saturated rings. The second-order valence-electron chi connectivity index (χ2n) is 4.81. The molecule has 1 aromatic carbocycles. The van der Waals surface area contributed by atoms with Gasteiger partial charge in [-0.1, -0.05) is 20.8 Å². The molecule has 6 heteroatoms. The third-order valence-corrected chi connectivity index (χ3v) is 2.71. The van der Waals surface area contributed by atoms with Gasteiger partial charge >= 0.3 is 0 Å². The molecule has 0 heterocycles. The Morgan fingerprint density at radius 2 is 1.90 bits per heavy atom. The molecule has 0 saturated heterocycles. The fraction of sp³-hybridized carbons (Fsp3) is 0.467. The van der Waals surface area contributed by atoms with E-state index in [1.54, 1.807) is 32.0 Å². The minimum atomic E-state index is -0.413. The van der Waals surface area contributed by atoms with E-state index in [1.807, 2.05) is 6.92 Å². The summed E-state index contributed by atoms with van der Waals surface area (Å²) < 4.78 is 10.7. The van der Waals surface area contributed by atoms with E-state index >= 15 is 0 Å². The molecular formula is C15H22N2O4. The number of nitrogens with one attached hydrogen (secondary N) is 2. The average Bonchev–Trinajstić information content (AvgIpc) is 2.49. The first-order valence-corrected chi connectivity index (χ1v) is 6.90. The molecule has 21 heavy (non-hydrogen) atoms. The maximum absolute atomic E-state index is 11.9. The predicted molar refractivity (Wildman–Crippen MR) is 79.2 cm³/mol. The molecule has 1 rings (SSSR count). The van der Waals surface area contributed by atoms with Crippen LogP contribution in [0.4, 0.5) is 0 Å². The normalized spacial score (nSPS) is 10.1. The van der Waals surface area contributed by atoms with Crippen molar-refractivity contribution >= 4 is 11.8 Å². The molecule has 0 aromatic heterocycles. The predicted octanol–water partition coefficient (Wildman–Crippen LogP) is 1.90. The highest BCUT2D eigenvalue weighted by Gasteiger charge is 2.13. The highest BCUT2D eigenvalue weighted by atomic mass is 16.5. The lowest BCUT2D eigenvalue weighted by molar-refractivity contribution is -0.124. The van der Waals surface area contributed by atoms with Crippen LogP contribution in [0.5, 0.6) is 11.5 Å². The van der Waals surface area contributed by atoms with Gasteiger partial charge in [-0.05, 0) is 24.6 Å². The van der Waals surface area contributed by atoms with Crippen LogP contribution < -0.4 is 20.3 Å². The number of hydrogen-bond donors (Lipinski definition) is 2. The van der Waals surface area contributed by atoms with Crippen LogP contribution in [0.1, 0.15) is 37.6 Å². The molecule has 0 spiro atoms. The van der Waals surface area contributed by atoms with E-state index in [-0.39, 0.29) is 11.8 Å². The van der Waals surface area contributed by atoms with Gasteiger partial charge in [0, 0.05) is 11.5 Å². The Balaban J connectivity index is 2.74. The first-order chi connectivity index (χ1) is 9.99. The SMILES string of the molecule is CCCOc1ccc(C(=O)NNC(=O)C(C)C)cc1OC. The molecule has 0 aliphatic heterocycles. The lowest BCUT2D eigenvalue weighted by atomic mass is 10.2. The number of carbonyl (C=O) groups excluding carboxylic acids is 2. The van der Waals surface area contributed by atoms with E-state index in [9.17, 15) is 9.59 Å². The summed E-state index contributed by atoms with van der Waals surface area (Å²) in [5, 5.41) is 0. The number of methoxy groups -OCH3 is 1. The summed E-state index contributed by atoms with van der Waals surface area (Å²) >= 11 is 0. The van der Waals surface area contributed by atoms with Gasteiger partial charge in [-0.3, -0.25) is 20.4 Å². The molecule has 1 aromatic rings. The monoisotopic (exact) mass is 294 g/mol. The van der Waals surface area contributed by atoms with Gasteiger partial charge in [0.25, 0.3) is 5.91 Å². The minimum absolute atomic E-state index is 0.204. The third-order valence-electron chi connectivity index (χ3n) is 2.71. The lowest BCUT2D eigenvalue weighted by Gasteiger charge is -2.12. The second kappa shape index (κ2) is 8.14. The Morgan fingerprint density at radius 1 is 1.19 bits per heavy atom. The molecule has 6 nitrogen and oxygen atoms in total. The molecule has 0 atom stereocenters. The van der Waals surface area contributed by atoms with Gasteiger partial charge in [-0.25, -0.2) is 0 Å². The van der Waals surface area contributed by atoms with Crippen molar-refractivity contribution in [1.82, 2.24) is 10.9 Å². The summed E-state index contributed by atoms with van der Waals surface area (Å²) in [6, 6.07) is 4.86. The fourth-order valence-electron chi connectivity index (χ4n) is 1.47. The average molecular weight is 294 g/mol. The maximum Gasteiger partial charge on any atom is 0.269 e. The summed E-state index contributed by atoms with van der Waals surface area (Å²) in [6.07, 6.45) is 0.882. The summed E-state index contributed by atoms with van der Waals surface area (Å²) in [6.45, 7) is 6.06. The zero-order chi connectivity index (χ0) is 15.8. The number of amides is 2. The van der Waals surface area contributed by atoms with Crippen LogP contribution in [-0.4, -0.2) is 25.5 Å². The molecule has 116 valence electrons. The van der Waals surface area contributed by atoms with Crippen LogP contribution in [-0.2, 0) is 4.79 Å². The molecule has 0 aliphatic carbocycles. The van der Waals surface area contributed by atoms with Gasteiger partial charge in [0.2, 0.25) is 5.91 Å². The van der Waals surface area contributed by atoms with Crippen LogP contribution >= 0.6 is 0 Å². The maximum atomic E-state index is 11.9. The molecule has 2 N–H and O–H groups in total. The number of benzene rings is 1. The Labute approximate surface area is 124 Å². The van der Waals surface area contributed by atoms with Gasteiger partial charge < -0.3 is 9.47 Å². The Kier molecular flexibility index (Phi) is 6.52. The smallest absolute Gasteiger partial charge is 0.269 e. The van der Waals surface area contributed by atoms with Crippen molar-refractivity contribution in [3.8, 4) is 11.5 Å². The molecule has 0 saturated carbocycles. The van der Waals surface area contributed by atoms with Crippen LogP contribution in [0.25, 0.3) is 0 Å². The zero-order valence-electron chi connectivity index (χ0n) is 12.9. The van der Waals surface area contributed by atoms with E-state index in [2.05, 4.69) is 10.9 Å². The van der Waals surface area contributed by atoms with Crippen LogP contribution in [0.3, 0.4) is 0 Å². The van der Waals surface area contributed by atoms with Gasteiger partial charge in [0.15, 0.2) is 11.5 Å². The minimum Gasteiger partial charge on any atom is -0.493 e. The summed E-state index contributed by atoms with van der Waals surface area (Å²) in [5.41, 5.74) is 5.09. The van der Waals surface area contributed by atoms with Crippen LogP contribution in [0.2, 0.25) is 0 Å². The molecule has 0 aliphatic rings. The van der Waals surface area contributed by atoms with E-state index in [4.69, 9.17) is 9.47 Å². The number of hydrogen-bond acceptors (Lipinski definition) is 4. The number of ether oxygens (including phenoxy) is 2. The van der Waals surface area contributed by atoms with Gasteiger partial charge in [0.1, 0.15) is 0 Å². The second-order valence-corrected chi connectivity index (χ2v) is 4.81. The standard InChI is InChI=1S/C15H22N2O4/c1-5-8-21-12-7-6-11(9-13(12)20-4)15(19)17-16-14(18)10(2)3/h6-7,9-10H,5,8H2,1-4H3,(H,16,18)(H,17,19). The topological polar surface area (TPSA) is 76.7 Å². The first-order valence-electron chi connectivity index (χ1n) is 6.90. The summed E-state index contributed by atoms with van der Waals surface area (Å²) in [5.74, 6) is 0.195. The highest BCUT2D eigenvalue weighted by Crippen LogP contribution is 2.28. The molecular weight excluding hydrogens is 272 g/mol. The number of rotatable bonds is 6. The summed E-state index contributed by atoms with van der Waals surface area (Å²) in [7, 11) is 1.51. The van der Waals surface area contributed by atoms with E-state index in [0.717, 1.165) is 6.42 Å². The number of carbonyl (C=O) groups is 2. The highest BCUT2D eigenvalue weighted by molar-refractivity contribution is 5.96. The fourth-order valence-corrected chi connectivity index (χ4v) is 1.47. The Hall–Kier alpha value is -2.24. The van der Waals surface area contributed by atoms with Crippen LogP contribution in [0, 0.1) is 5.92 Å². The van der Waals surface area contributed by atoms with Crippen molar-refractivity contribution < 1.29 is 19.1 Å². The van der Waals surface area contributed by atoms with Crippen molar-refractivity contribution in [2.45, 2.75) is 27.2 Å². The Morgan fingerprint density at radius 3 is 2.48 bits per heavy atom. The molecule has 2 amide bonds. The lowest BCUT2D eigenvalue weighted by Crippen LogP contribution is -2.43. The van der Waals surface area contributed by atoms with E-state index in [0.29, 0.717) is 23.7 Å². The van der Waals surface area contributed by atoms with Crippen molar-refractivity contribution in [3.05, 3.63) is 23.8 Å². The van der Waals surface area contributed by atoms with Gasteiger partial charge in [-0.15, -0.1) is 0 Å². The third kappa shape index (κ3) is 4.98. The van der Waals surface area contributed by atoms with Crippen molar-refractivity contribution in [2.75, 3.05) is 13.7 Å². The Bertz CT molecular complexity index is 500. The van der Waals surface area contributed by atoms with E-state index in [1.165, 1.54) is 7.11 Å². The zero-order valence-corrected chi connectivity index (χ0v) is 12.9. The molecule has 0 radical (unpaired) electrons.